The molecule has 202 valence electrons. The van der Waals surface area contributed by atoms with E-state index in [1.165, 1.54) is 16.7 Å². The molecule has 41 heavy (non-hydrogen) atoms. The molecule has 2 unspecified atom stereocenters. The fourth-order valence-electron chi connectivity index (χ4n) is 6.31. The Morgan fingerprint density at radius 2 is 1.07 bits per heavy atom. The van der Waals surface area contributed by atoms with Crippen LogP contribution in [0.1, 0.15) is 16.7 Å². The van der Waals surface area contributed by atoms with E-state index in [-0.39, 0.29) is 6.04 Å². The Balaban J connectivity index is 1.33. The van der Waals surface area contributed by atoms with Crippen LogP contribution in [-0.4, -0.2) is 30.5 Å². The van der Waals surface area contributed by atoms with Crippen molar-refractivity contribution in [3.63, 3.8) is 0 Å². The standard InChI is InChI=1S/C36H30N2O2S/c39-41(40,32-21-11-4-12-22-32)35-27-37(34-24-14-13-23-33(34)35)25-31-26-38(31)36(28-15-5-1-6-16-28,29-17-7-2-8-18-29)30-19-9-3-10-20-30/h1-24,27,31H,25-26H2. The zero-order valence-electron chi connectivity index (χ0n) is 22.5. The molecule has 1 aromatic heterocycles. The lowest BCUT2D eigenvalue weighted by Gasteiger charge is -2.38. The molecule has 1 aliphatic heterocycles. The first kappa shape index (κ1) is 25.5. The van der Waals surface area contributed by atoms with Gasteiger partial charge in [-0.3, -0.25) is 4.90 Å². The maximum Gasteiger partial charge on any atom is 0.208 e. The predicted molar refractivity (Wildman–Crippen MR) is 164 cm³/mol. The number of aromatic nitrogens is 1. The summed E-state index contributed by atoms with van der Waals surface area (Å²) < 4.78 is 29.6. The van der Waals surface area contributed by atoms with Crippen molar-refractivity contribution in [1.29, 1.82) is 0 Å². The summed E-state index contributed by atoms with van der Waals surface area (Å²) in [6.45, 7) is 1.56. The van der Waals surface area contributed by atoms with Gasteiger partial charge in [0.05, 0.1) is 15.3 Å². The Hall–Kier alpha value is -4.45. The quantitative estimate of drug-likeness (QED) is 0.148. The molecular formula is C36H30N2O2S. The second-order valence-corrected chi connectivity index (χ2v) is 12.5. The SMILES string of the molecule is O=S(=O)(c1ccccc1)c1cn(CC2CN2C(c2ccccc2)(c2ccccc2)c2ccccc2)c2ccccc12. The van der Waals surface area contributed by atoms with E-state index in [1.54, 1.807) is 24.3 Å². The van der Waals surface area contributed by atoms with E-state index in [9.17, 15) is 8.42 Å². The molecule has 2 atom stereocenters. The van der Waals surface area contributed by atoms with Crippen LogP contribution in [0.2, 0.25) is 0 Å². The first-order valence-electron chi connectivity index (χ1n) is 13.9. The highest BCUT2D eigenvalue weighted by Gasteiger charge is 2.53. The van der Waals surface area contributed by atoms with Crippen LogP contribution in [0.5, 0.6) is 0 Å². The van der Waals surface area contributed by atoms with Crippen molar-refractivity contribution in [3.05, 3.63) is 168 Å². The Kier molecular flexibility index (Phi) is 6.34. The summed E-state index contributed by atoms with van der Waals surface area (Å²) in [5.74, 6) is 0. The van der Waals surface area contributed by atoms with Crippen LogP contribution in [0.25, 0.3) is 10.9 Å². The number of sulfone groups is 1. The zero-order valence-corrected chi connectivity index (χ0v) is 23.4. The lowest BCUT2D eigenvalue weighted by atomic mass is 9.76. The van der Waals surface area contributed by atoms with Gasteiger partial charge in [0.15, 0.2) is 0 Å². The largest absolute Gasteiger partial charge is 0.344 e. The predicted octanol–water partition coefficient (Wildman–Crippen LogP) is 7.15. The third-order valence-electron chi connectivity index (χ3n) is 8.22. The maximum absolute atomic E-state index is 13.7. The van der Waals surface area contributed by atoms with Crippen molar-refractivity contribution in [3.8, 4) is 0 Å². The smallest absolute Gasteiger partial charge is 0.208 e. The highest BCUT2D eigenvalue weighted by molar-refractivity contribution is 7.91. The van der Waals surface area contributed by atoms with Crippen molar-refractivity contribution >= 4 is 20.7 Å². The minimum atomic E-state index is -3.67. The number of hydrogen-bond donors (Lipinski definition) is 0. The molecule has 5 heteroatoms. The molecule has 0 spiro atoms. The molecule has 6 aromatic rings. The minimum absolute atomic E-state index is 0.207. The van der Waals surface area contributed by atoms with Crippen molar-refractivity contribution in [1.82, 2.24) is 9.47 Å². The summed E-state index contributed by atoms with van der Waals surface area (Å²) in [6, 6.07) is 48.8. The topological polar surface area (TPSA) is 42.1 Å². The second kappa shape index (κ2) is 10.2. The number of nitrogens with zero attached hydrogens (tertiary/aromatic N) is 2. The van der Waals surface area contributed by atoms with Gasteiger partial charge in [-0.05, 0) is 34.9 Å². The maximum atomic E-state index is 13.7. The Morgan fingerprint density at radius 3 is 1.61 bits per heavy atom. The molecule has 2 heterocycles. The van der Waals surface area contributed by atoms with Crippen molar-refractivity contribution in [2.24, 2.45) is 0 Å². The monoisotopic (exact) mass is 554 g/mol. The lowest BCUT2D eigenvalue weighted by Crippen LogP contribution is -2.39. The molecule has 0 saturated carbocycles. The number of hydrogen-bond acceptors (Lipinski definition) is 3. The Bertz CT molecular complexity index is 1810. The van der Waals surface area contributed by atoms with Gasteiger partial charge in [0.1, 0.15) is 0 Å². The molecule has 1 saturated heterocycles. The summed E-state index contributed by atoms with van der Waals surface area (Å²) >= 11 is 0. The summed E-state index contributed by atoms with van der Waals surface area (Å²) in [5.41, 5.74) is 4.09. The first-order chi connectivity index (χ1) is 20.1. The van der Waals surface area contributed by atoms with Gasteiger partial charge in [-0.2, -0.15) is 0 Å². The molecule has 1 aliphatic rings. The van der Waals surface area contributed by atoms with E-state index in [0.717, 1.165) is 17.4 Å². The van der Waals surface area contributed by atoms with Crippen LogP contribution in [0.15, 0.2) is 162 Å². The molecule has 0 radical (unpaired) electrons. The number of fused-ring (bicyclic) bond motifs is 1. The van der Waals surface area contributed by atoms with Crippen LogP contribution in [-0.2, 0) is 21.9 Å². The van der Waals surface area contributed by atoms with Crippen molar-refractivity contribution in [2.45, 2.75) is 27.9 Å². The van der Waals surface area contributed by atoms with Gasteiger partial charge < -0.3 is 4.57 Å². The number of rotatable bonds is 8. The summed E-state index contributed by atoms with van der Waals surface area (Å²) in [7, 11) is -3.67. The third kappa shape index (κ3) is 4.29. The summed E-state index contributed by atoms with van der Waals surface area (Å²) in [5, 5.41) is 0.754. The fourth-order valence-corrected chi connectivity index (χ4v) is 7.81. The van der Waals surface area contributed by atoms with E-state index in [0.29, 0.717) is 16.3 Å². The van der Waals surface area contributed by atoms with Crippen LogP contribution in [0.3, 0.4) is 0 Å². The highest BCUT2D eigenvalue weighted by Crippen LogP contribution is 2.48. The van der Waals surface area contributed by atoms with E-state index in [4.69, 9.17) is 0 Å². The molecule has 5 aromatic carbocycles. The zero-order chi connectivity index (χ0) is 27.9. The van der Waals surface area contributed by atoms with Crippen molar-refractivity contribution in [2.75, 3.05) is 6.54 Å². The van der Waals surface area contributed by atoms with Gasteiger partial charge >= 0.3 is 0 Å². The summed E-state index contributed by atoms with van der Waals surface area (Å²) in [4.78, 5) is 3.21. The van der Waals surface area contributed by atoms with Gasteiger partial charge in [-0.1, -0.05) is 127 Å². The van der Waals surface area contributed by atoms with Gasteiger partial charge in [0, 0.05) is 36.2 Å². The van der Waals surface area contributed by atoms with Crippen LogP contribution >= 0.6 is 0 Å². The Labute approximate surface area is 241 Å². The molecule has 4 nitrogen and oxygen atoms in total. The third-order valence-corrected chi connectivity index (χ3v) is 10.0. The molecular weight excluding hydrogens is 524 g/mol. The molecule has 0 N–H and O–H groups in total. The Morgan fingerprint density at radius 1 is 0.610 bits per heavy atom. The summed E-state index contributed by atoms with van der Waals surface area (Å²) in [6.07, 6.45) is 1.83. The van der Waals surface area contributed by atoms with Gasteiger partial charge in [-0.15, -0.1) is 0 Å². The fraction of sp³-hybridized carbons (Fsp3) is 0.111. The molecule has 0 aliphatic carbocycles. The average Bonchev–Trinajstić information content (AvgIpc) is 3.70. The van der Waals surface area contributed by atoms with Gasteiger partial charge in [0.25, 0.3) is 0 Å². The van der Waals surface area contributed by atoms with Gasteiger partial charge in [-0.25, -0.2) is 8.42 Å². The normalized spacial score (nSPS) is 17.0. The number of para-hydroxylation sites is 1. The van der Waals surface area contributed by atoms with Crippen molar-refractivity contribution < 1.29 is 8.42 Å². The van der Waals surface area contributed by atoms with E-state index in [2.05, 4.69) is 100 Å². The van der Waals surface area contributed by atoms with E-state index < -0.39 is 15.4 Å². The second-order valence-electron chi connectivity index (χ2n) is 10.6. The molecule has 1 fully saturated rings. The van der Waals surface area contributed by atoms with Crippen LogP contribution < -0.4 is 0 Å². The van der Waals surface area contributed by atoms with Gasteiger partial charge in [0.2, 0.25) is 9.84 Å². The van der Waals surface area contributed by atoms with Crippen LogP contribution in [0, 0.1) is 0 Å². The minimum Gasteiger partial charge on any atom is -0.344 e. The van der Waals surface area contributed by atoms with E-state index in [1.807, 2.05) is 36.5 Å². The molecule has 0 bridgehead atoms. The van der Waals surface area contributed by atoms with Crippen LogP contribution in [0.4, 0.5) is 0 Å². The first-order valence-corrected chi connectivity index (χ1v) is 15.4. The average molecular weight is 555 g/mol. The lowest BCUT2D eigenvalue weighted by molar-refractivity contribution is 0.311. The molecule has 0 amide bonds. The molecule has 7 rings (SSSR count). The highest BCUT2D eigenvalue weighted by atomic mass is 32.2. The number of benzene rings is 5. The van der Waals surface area contributed by atoms with E-state index >= 15 is 0 Å².